The first kappa shape index (κ1) is 22.5. The number of anilines is 3. The second-order valence-corrected chi connectivity index (χ2v) is 9.99. The molecule has 0 radical (unpaired) electrons. The summed E-state index contributed by atoms with van der Waals surface area (Å²) in [5.74, 6) is 0.799. The van der Waals surface area contributed by atoms with E-state index in [4.69, 9.17) is 9.40 Å². The van der Waals surface area contributed by atoms with Crippen molar-refractivity contribution in [1.29, 1.82) is 0 Å². The van der Waals surface area contributed by atoms with Crippen LogP contribution in [-0.2, 0) is 0 Å². The number of fused-ring (bicyclic) bond motifs is 5. The van der Waals surface area contributed by atoms with Crippen LogP contribution in [0.25, 0.3) is 54.6 Å². The van der Waals surface area contributed by atoms with Gasteiger partial charge in [0.25, 0.3) is 0 Å². The first-order chi connectivity index (χ1) is 19.8. The van der Waals surface area contributed by atoms with Gasteiger partial charge in [-0.2, -0.15) is 0 Å². The zero-order valence-electron chi connectivity index (χ0n) is 21.5. The Kier molecular flexibility index (Phi) is 5.10. The van der Waals surface area contributed by atoms with Crippen LogP contribution in [0.5, 0.6) is 0 Å². The van der Waals surface area contributed by atoms with E-state index in [1.165, 1.54) is 16.3 Å². The van der Waals surface area contributed by atoms with Crippen molar-refractivity contribution in [3.63, 3.8) is 0 Å². The molecule has 0 spiro atoms. The number of benzene rings is 5. The van der Waals surface area contributed by atoms with E-state index in [0.717, 1.165) is 55.5 Å². The smallest absolute Gasteiger partial charge is 0.141 e. The van der Waals surface area contributed by atoms with Gasteiger partial charge in [-0.1, -0.05) is 66.7 Å². The molecule has 8 aromatic rings. The van der Waals surface area contributed by atoms with E-state index in [2.05, 4.69) is 101 Å². The van der Waals surface area contributed by atoms with Gasteiger partial charge < -0.3 is 4.42 Å². The molecule has 40 heavy (non-hydrogen) atoms. The van der Waals surface area contributed by atoms with E-state index >= 15 is 0 Å². The van der Waals surface area contributed by atoms with E-state index in [0.29, 0.717) is 0 Å². The average Bonchev–Trinajstić information content (AvgIpc) is 3.37. The monoisotopic (exact) mass is 513 g/mol. The SMILES string of the molecule is c1ccc(N(c2ccc(-c3ccc4cnccc4c3)cc2)c2cc3oc4cc5ccccc5cc4c3cn2)cc1. The number of hydrogen-bond acceptors (Lipinski definition) is 4. The van der Waals surface area contributed by atoms with Crippen molar-refractivity contribution in [2.75, 3.05) is 4.90 Å². The zero-order valence-corrected chi connectivity index (χ0v) is 21.5. The molecule has 4 heteroatoms. The summed E-state index contributed by atoms with van der Waals surface area (Å²) < 4.78 is 6.36. The summed E-state index contributed by atoms with van der Waals surface area (Å²) in [4.78, 5) is 11.3. The summed E-state index contributed by atoms with van der Waals surface area (Å²) in [5, 5.41) is 6.76. The van der Waals surface area contributed by atoms with Crippen LogP contribution in [0.4, 0.5) is 17.2 Å². The van der Waals surface area contributed by atoms with Gasteiger partial charge in [0.2, 0.25) is 0 Å². The molecule has 8 rings (SSSR count). The van der Waals surface area contributed by atoms with Gasteiger partial charge in [0.1, 0.15) is 17.0 Å². The number of hydrogen-bond donors (Lipinski definition) is 0. The largest absolute Gasteiger partial charge is 0.456 e. The third-order valence-corrected chi connectivity index (χ3v) is 7.55. The number of rotatable bonds is 4. The number of nitrogens with zero attached hydrogens (tertiary/aromatic N) is 3. The van der Waals surface area contributed by atoms with Crippen LogP contribution < -0.4 is 4.90 Å². The lowest BCUT2D eigenvalue weighted by Gasteiger charge is -2.24. The van der Waals surface area contributed by atoms with Crippen LogP contribution in [0.15, 0.2) is 144 Å². The molecule has 0 N–H and O–H groups in total. The maximum absolute atomic E-state index is 6.36. The fourth-order valence-electron chi connectivity index (χ4n) is 5.52. The number of aromatic nitrogens is 2. The van der Waals surface area contributed by atoms with Gasteiger partial charge in [-0.3, -0.25) is 9.88 Å². The molecule has 188 valence electrons. The minimum Gasteiger partial charge on any atom is -0.456 e. The molecule has 0 fully saturated rings. The van der Waals surface area contributed by atoms with Gasteiger partial charge in [-0.05, 0) is 75.8 Å². The second-order valence-electron chi connectivity index (χ2n) is 9.99. The number of pyridine rings is 2. The highest BCUT2D eigenvalue weighted by Crippen LogP contribution is 2.38. The summed E-state index contributed by atoms with van der Waals surface area (Å²) in [7, 11) is 0. The van der Waals surface area contributed by atoms with Crippen LogP contribution >= 0.6 is 0 Å². The molecule has 0 saturated carbocycles. The molecule has 4 nitrogen and oxygen atoms in total. The minimum absolute atomic E-state index is 0.799. The maximum atomic E-state index is 6.36. The highest BCUT2D eigenvalue weighted by atomic mass is 16.3. The van der Waals surface area contributed by atoms with Crippen LogP contribution in [0.2, 0.25) is 0 Å². The van der Waals surface area contributed by atoms with E-state index in [1.54, 1.807) is 0 Å². The molecular weight excluding hydrogens is 490 g/mol. The van der Waals surface area contributed by atoms with E-state index in [-0.39, 0.29) is 0 Å². The first-order valence-corrected chi connectivity index (χ1v) is 13.3. The molecule has 0 bridgehead atoms. The Bertz CT molecular complexity index is 2170. The molecule has 3 aromatic heterocycles. The van der Waals surface area contributed by atoms with Crippen molar-refractivity contribution in [1.82, 2.24) is 9.97 Å². The topological polar surface area (TPSA) is 42.2 Å². The molecule has 0 aliphatic carbocycles. The summed E-state index contributed by atoms with van der Waals surface area (Å²) in [6, 6.07) is 42.2. The number of furan rings is 1. The fraction of sp³-hybridized carbons (Fsp3) is 0. The quantitative estimate of drug-likeness (QED) is 0.235. The van der Waals surface area contributed by atoms with Crippen molar-refractivity contribution in [3.8, 4) is 11.1 Å². The zero-order chi connectivity index (χ0) is 26.5. The van der Waals surface area contributed by atoms with Crippen molar-refractivity contribution in [2.45, 2.75) is 0 Å². The van der Waals surface area contributed by atoms with Gasteiger partial charge in [0.05, 0.1) is 0 Å². The van der Waals surface area contributed by atoms with Crippen LogP contribution in [0, 0.1) is 0 Å². The fourth-order valence-corrected chi connectivity index (χ4v) is 5.52. The molecule has 0 saturated heterocycles. The van der Waals surface area contributed by atoms with E-state index in [9.17, 15) is 0 Å². The first-order valence-electron chi connectivity index (χ1n) is 13.3. The lowest BCUT2D eigenvalue weighted by molar-refractivity contribution is 0.669. The third-order valence-electron chi connectivity index (χ3n) is 7.55. The Labute approximate surface area is 230 Å². The highest BCUT2D eigenvalue weighted by Gasteiger charge is 2.17. The lowest BCUT2D eigenvalue weighted by Crippen LogP contribution is -2.11. The van der Waals surface area contributed by atoms with Gasteiger partial charge in [-0.15, -0.1) is 0 Å². The Morgan fingerprint density at radius 2 is 1.20 bits per heavy atom. The van der Waals surface area contributed by atoms with Gasteiger partial charge in [-0.25, -0.2) is 4.98 Å². The van der Waals surface area contributed by atoms with E-state index < -0.39 is 0 Å². The highest BCUT2D eigenvalue weighted by molar-refractivity contribution is 6.10. The molecule has 0 atom stereocenters. The van der Waals surface area contributed by atoms with Gasteiger partial charge >= 0.3 is 0 Å². The van der Waals surface area contributed by atoms with Crippen molar-refractivity contribution >= 4 is 60.7 Å². The molecule has 0 aliphatic heterocycles. The Hall–Kier alpha value is -5.48. The number of para-hydroxylation sites is 1. The molecule has 3 heterocycles. The van der Waals surface area contributed by atoms with Crippen molar-refractivity contribution in [3.05, 3.63) is 140 Å². The van der Waals surface area contributed by atoms with Crippen LogP contribution in [0.3, 0.4) is 0 Å². The molecular formula is C36H23N3O. The van der Waals surface area contributed by atoms with Crippen LogP contribution in [-0.4, -0.2) is 9.97 Å². The maximum Gasteiger partial charge on any atom is 0.141 e. The molecule has 0 amide bonds. The summed E-state index contributed by atoms with van der Waals surface area (Å²) in [5.41, 5.74) is 6.07. The predicted molar refractivity (Wildman–Crippen MR) is 164 cm³/mol. The van der Waals surface area contributed by atoms with Crippen LogP contribution in [0.1, 0.15) is 0 Å². The summed E-state index contributed by atoms with van der Waals surface area (Å²) >= 11 is 0. The third kappa shape index (κ3) is 3.77. The van der Waals surface area contributed by atoms with Gasteiger partial charge in [0, 0.05) is 52.2 Å². The van der Waals surface area contributed by atoms with Crippen molar-refractivity contribution < 1.29 is 4.42 Å². The molecule has 5 aromatic carbocycles. The molecule has 0 unspecified atom stereocenters. The van der Waals surface area contributed by atoms with E-state index in [1.807, 2.05) is 48.9 Å². The normalized spacial score (nSPS) is 11.5. The Morgan fingerprint density at radius 1 is 0.500 bits per heavy atom. The second kappa shape index (κ2) is 9.07. The lowest BCUT2D eigenvalue weighted by atomic mass is 10.0. The predicted octanol–water partition coefficient (Wildman–Crippen LogP) is 9.82. The standard InChI is InChI=1S/C36H23N3O/c1-2-8-30(9-3-1)39(31-14-12-24(13-15-31)27-10-11-29-22-37-17-16-28(29)18-27)36-21-35-33(23-38-36)32-19-25-6-4-5-7-26(25)20-34(32)40-35/h1-23H. The molecule has 0 aliphatic rings. The Balaban J connectivity index is 1.23. The van der Waals surface area contributed by atoms with Gasteiger partial charge in [0.15, 0.2) is 0 Å². The summed E-state index contributed by atoms with van der Waals surface area (Å²) in [6.45, 7) is 0. The Morgan fingerprint density at radius 3 is 2.05 bits per heavy atom. The van der Waals surface area contributed by atoms with Crippen molar-refractivity contribution in [2.24, 2.45) is 0 Å². The summed E-state index contributed by atoms with van der Waals surface area (Å²) in [6.07, 6.45) is 5.66. The minimum atomic E-state index is 0.799. The average molecular weight is 514 g/mol.